The minimum Gasteiger partial charge on any atom is -0.481 e. The van der Waals surface area contributed by atoms with Gasteiger partial charge in [-0.2, -0.15) is 0 Å². The summed E-state index contributed by atoms with van der Waals surface area (Å²) < 4.78 is 5.19. The first kappa shape index (κ1) is 12.3. The lowest BCUT2D eigenvalue weighted by Crippen LogP contribution is -1.95. The van der Waals surface area contributed by atoms with Gasteiger partial charge in [0.2, 0.25) is 5.88 Å². The van der Waals surface area contributed by atoms with Crippen LogP contribution in [0.1, 0.15) is 38.2 Å². The minimum absolute atomic E-state index is 0.682. The Hall–Kier alpha value is -0.760. The summed E-state index contributed by atoms with van der Waals surface area (Å²) >= 11 is 5.90. The zero-order chi connectivity index (χ0) is 11.1. The summed E-state index contributed by atoms with van der Waals surface area (Å²) in [5.74, 6) is 0.705. The van der Waals surface area contributed by atoms with Gasteiger partial charge in [0, 0.05) is 11.8 Å². The van der Waals surface area contributed by atoms with Crippen molar-refractivity contribution in [3.8, 4) is 5.88 Å². The van der Waals surface area contributed by atoms with E-state index in [1.165, 1.54) is 25.7 Å². The van der Waals surface area contributed by atoms with Gasteiger partial charge in [0.15, 0.2) is 0 Å². The van der Waals surface area contributed by atoms with Crippen molar-refractivity contribution in [2.24, 2.45) is 0 Å². The summed E-state index contributed by atoms with van der Waals surface area (Å²) in [6.07, 6.45) is 7.59. The third-order valence-electron chi connectivity index (χ3n) is 2.38. The Labute approximate surface area is 96.6 Å². The average molecular weight is 228 g/mol. The molecule has 0 aliphatic carbocycles. The number of rotatable bonds is 6. The standard InChI is InChI=1S/C12H18ClNO/c1-3-4-5-6-7-10-8-11(13)9-14-12(10)15-2/h8-9H,3-7H2,1-2H3. The highest BCUT2D eigenvalue weighted by molar-refractivity contribution is 6.30. The van der Waals surface area contributed by atoms with Gasteiger partial charge in [-0.15, -0.1) is 0 Å². The summed E-state index contributed by atoms with van der Waals surface area (Å²) in [6.45, 7) is 2.21. The van der Waals surface area contributed by atoms with E-state index in [1.54, 1.807) is 13.3 Å². The topological polar surface area (TPSA) is 22.1 Å². The van der Waals surface area contributed by atoms with Gasteiger partial charge in [-0.25, -0.2) is 4.98 Å². The number of pyridine rings is 1. The van der Waals surface area contributed by atoms with Crippen molar-refractivity contribution in [2.75, 3.05) is 7.11 Å². The summed E-state index contributed by atoms with van der Waals surface area (Å²) in [7, 11) is 1.64. The molecule has 1 rings (SSSR count). The molecular weight excluding hydrogens is 210 g/mol. The van der Waals surface area contributed by atoms with Gasteiger partial charge in [-0.3, -0.25) is 0 Å². The Morgan fingerprint density at radius 3 is 2.80 bits per heavy atom. The van der Waals surface area contributed by atoms with Crippen molar-refractivity contribution in [1.82, 2.24) is 4.98 Å². The van der Waals surface area contributed by atoms with Gasteiger partial charge in [-0.05, 0) is 18.9 Å². The maximum Gasteiger partial charge on any atom is 0.216 e. The Kier molecular flexibility index (Phi) is 5.48. The van der Waals surface area contributed by atoms with Gasteiger partial charge >= 0.3 is 0 Å². The molecule has 0 saturated heterocycles. The van der Waals surface area contributed by atoms with E-state index in [4.69, 9.17) is 16.3 Å². The van der Waals surface area contributed by atoms with Gasteiger partial charge in [0.25, 0.3) is 0 Å². The highest BCUT2D eigenvalue weighted by Crippen LogP contribution is 2.21. The van der Waals surface area contributed by atoms with E-state index >= 15 is 0 Å². The lowest BCUT2D eigenvalue weighted by Gasteiger charge is -2.07. The fraction of sp³-hybridized carbons (Fsp3) is 0.583. The van der Waals surface area contributed by atoms with Gasteiger partial charge in [0.05, 0.1) is 12.1 Å². The quantitative estimate of drug-likeness (QED) is 0.689. The number of halogens is 1. The maximum atomic E-state index is 5.90. The van der Waals surface area contributed by atoms with Crippen LogP contribution in [0.2, 0.25) is 5.02 Å². The SMILES string of the molecule is CCCCCCc1cc(Cl)cnc1OC. The van der Waals surface area contributed by atoms with Crippen LogP contribution in [0.5, 0.6) is 5.88 Å². The summed E-state index contributed by atoms with van der Waals surface area (Å²) in [5.41, 5.74) is 1.11. The number of unbranched alkanes of at least 4 members (excludes halogenated alkanes) is 3. The number of aryl methyl sites for hydroxylation is 1. The van der Waals surface area contributed by atoms with Crippen LogP contribution in [-0.2, 0) is 6.42 Å². The molecule has 2 nitrogen and oxygen atoms in total. The van der Waals surface area contributed by atoms with Crippen LogP contribution in [0.4, 0.5) is 0 Å². The summed E-state index contributed by atoms with van der Waals surface area (Å²) in [6, 6.07) is 1.94. The summed E-state index contributed by atoms with van der Waals surface area (Å²) in [4.78, 5) is 4.14. The minimum atomic E-state index is 0.682. The maximum absolute atomic E-state index is 5.90. The molecule has 0 aliphatic rings. The molecule has 3 heteroatoms. The van der Waals surface area contributed by atoms with E-state index < -0.39 is 0 Å². The molecule has 0 amide bonds. The zero-order valence-corrected chi connectivity index (χ0v) is 10.2. The molecule has 0 unspecified atom stereocenters. The van der Waals surface area contributed by atoms with Crippen molar-refractivity contribution in [2.45, 2.75) is 39.0 Å². The molecule has 0 fully saturated rings. The van der Waals surface area contributed by atoms with Crippen molar-refractivity contribution in [3.63, 3.8) is 0 Å². The molecule has 0 aromatic carbocycles. The number of aromatic nitrogens is 1. The first-order chi connectivity index (χ1) is 7.27. The third kappa shape index (κ3) is 4.08. The second kappa shape index (κ2) is 6.67. The van der Waals surface area contributed by atoms with Crippen molar-refractivity contribution in [3.05, 3.63) is 22.8 Å². The van der Waals surface area contributed by atoms with E-state index in [0.717, 1.165) is 12.0 Å². The Bertz CT molecular complexity index is 302. The van der Waals surface area contributed by atoms with E-state index in [2.05, 4.69) is 11.9 Å². The molecule has 15 heavy (non-hydrogen) atoms. The molecule has 1 aromatic heterocycles. The highest BCUT2D eigenvalue weighted by Gasteiger charge is 2.04. The smallest absolute Gasteiger partial charge is 0.216 e. The van der Waals surface area contributed by atoms with Crippen LogP contribution in [0.15, 0.2) is 12.3 Å². The Morgan fingerprint density at radius 2 is 2.13 bits per heavy atom. The lowest BCUT2D eigenvalue weighted by molar-refractivity contribution is 0.391. The molecule has 0 bridgehead atoms. The largest absolute Gasteiger partial charge is 0.481 e. The van der Waals surface area contributed by atoms with Crippen molar-refractivity contribution < 1.29 is 4.74 Å². The average Bonchev–Trinajstić information content (AvgIpc) is 2.25. The van der Waals surface area contributed by atoms with Crippen LogP contribution in [0, 0.1) is 0 Å². The molecule has 1 aromatic rings. The lowest BCUT2D eigenvalue weighted by atomic mass is 10.1. The molecule has 0 atom stereocenters. The second-order valence-corrected chi connectivity index (χ2v) is 4.07. The van der Waals surface area contributed by atoms with Crippen molar-refractivity contribution >= 4 is 11.6 Å². The number of nitrogens with zero attached hydrogens (tertiary/aromatic N) is 1. The van der Waals surface area contributed by atoms with E-state index in [0.29, 0.717) is 10.9 Å². The second-order valence-electron chi connectivity index (χ2n) is 3.63. The van der Waals surface area contributed by atoms with E-state index in [-0.39, 0.29) is 0 Å². The number of hydrogen-bond donors (Lipinski definition) is 0. The molecule has 0 spiro atoms. The molecule has 0 radical (unpaired) electrons. The van der Waals surface area contributed by atoms with E-state index in [9.17, 15) is 0 Å². The highest BCUT2D eigenvalue weighted by atomic mass is 35.5. The first-order valence-electron chi connectivity index (χ1n) is 5.46. The molecule has 1 heterocycles. The molecule has 0 N–H and O–H groups in total. The third-order valence-corrected chi connectivity index (χ3v) is 2.59. The van der Waals surface area contributed by atoms with Gasteiger partial charge < -0.3 is 4.74 Å². The Balaban J connectivity index is 2.54. The number of ether oxygens (including phenoxy) is 1. The molecular formula is C12H18ClNO. The molecule has 0 saturated carbocycles. The fourth-order valence-corrected chi connectivity index (χ4v) is 1.75. The Morgan fingerprint density at radius 1 is 1.33 bits per heavy atom. The predicted molar refractivity (Wildman–Crippen MR) is 63.6 cm³/mol. The normalized spacial score (nSPS) is 10.3. The van der Waals surface area contributed by atoms with Crippen LogP contribution >= 0.6 is 11.6 Å². The van der Waals surface area contributed by atoms with Crippen LogP contribution < -0.4 is 4.74 Å². The first-order valence-corrected chi connectivity index (χ1v) is 5.84. The van der Waals surface area contributed by atoms with Crippen LogP contribution in [0.25, 0.3) is 0 Å². The monoisotopic (exact) mass is 227 g/mol. The zero-order valence-electron chi connectivity index (χ0n) is 9.42. The van der Waals surface area contributed by atoms with Crippen molar-refractivity contribution in [1.29, 1.82) is 0 Å². The summed E-state index contributed by atoms with van der Waals surface area (Å²) in [5, 5.41) is 0.682. The van der Waals surface area contributed by atoms with Gasteiger partial charge in [0.1, 0.15) is 0 Å². The predicted octanol–water partition coefficient (Wildman–Crippen LogP) is 3.87. The van der Waals surface area contributed by atoms with Crippen LogP contribution in [-0.4, -0.2) is 12.1 Å². The van der Waals surface area contributed by atoms with Gasteiger partial charge in [-0.1, -0.05) is 37.8 Å². The molecule has 84 valence electrons. The van der Waals surface area contributed by atoms with E-state index in [1.807, 2.05) is 6.07 Å². The molecule has 0 aliphatic heterocycles. The fourth-order valence-electron chi connectivity index (χ4n) is 1.57. The number of methoxy groups -OCH3 is 1. The number of hydrogen-bond acceptors (Lipinski definition) is 2. The van der Waals surface area contributed by atoms with Crippen LogP contribution in [0.3, 0.4) is 0 Å².